The predicted molar refractivity (Wildman–Crippen MR) is 77.5 cm³/mol. The van der Waals surface area contributed by atoms with Crippen LogP contribution in [0.5, 0.6) is 0 Å². The molecule has 2 atom stereocenters. The number of nitrogens with one attached hydrogen (secondary N) is 1. The fourth-order valence-corrected chi connectivity index (χ4v) is 4.14. The van der Waals surface area contributed by atoms with E-state index in [1.54, 1.807) is 12.1 Å². The van der Waals surface area contributed by atoms with Crippen LogP contribution in [0.4, 0.5) is 8.78 Å². The van der Waals surface area contributed by atoms with E-state index in [1.807, 2.05) is 11.8 Å². The molecule has 0 saturated carbocycles. The normalized spacial score (nSPS) is 24.6. The van der Waals surface area contributed by atoms with Crippen LogP contribution in [0, 0.1) is 11.6 Å². The number of halogens is 2. The minimum Gasteiger partial charge on any atom is -0.309 e. The number of thioether (sulfide) groups is 1. The lowest BCUT2D eigenvalue weighted by Crippen LogP contribution is -2.38. The van der Waals surface area contributed by atoms with Gasteiger partial charge in [0.25, 0.3) is 0 Å². The molecule has 4 heteroatoms. The van der Waals surface area contributed by atoms with Gasteiger partial charge < -0.3 is 5.32 Å². The molecule has 2 rings (SSSR count). The lowest BCUT2D eigenvalue weighted by atomic mass is 9.89. The SMILES string of the molecule is CCCNC(c1cccc(F)c1F)C1(C)CCCS1. The quantitative estimate of drug-likeness (QED) is 0.866. The maximum atomic E-state index is 14.1. The van der Waals surface area contributed by atoms with E-state index >= 15 is 0 Å². The molecule has 0 amide bonds. The van der Waals surface area contributed by atoms with Crippen LogP contribution < -0.4 is 5.32 Å². The molecule has 1 N–H and O–H groups in total. The molecule has 19 heavy (non-hydrogen) atoms. The van der Waals surface area contributed by atoms with Crippen molar-refractivity contribution < 1.29 is 8.78 Å². The van der Waals surface area contributed by atoms with Gasteiger partial charge in [-0.2, -0.15) is 11.8 Å². The molecule has 0 spiro atoms. The molecular weight excluding hydrogens is 264 g/mol. The summed E-state index contributed by atoms with van der Waals surface area (Å²) in [5.74, 6) is -0.366. The molecule has 106 valence electrons. The van der Waals surface area contributed by atoms with E-state index in [-0.39, 0.29) is 10.8 Å². The van der Waals surface area contributed by atoms with Crippen LogP contribution in [0.15, 0.2) is 18.2 Å². The van der Waals surface area contributed by atoms with Gasteiger partial charge in [-0.1, -0.05) is 19.1 Å². The Bertz CT molecular complexity index is 430. The average Bonchev–Trinajstić information content (AvgIpc) is 2.82. The van der Waals surface area contributed by atoms with Gasteiger partial charge in [0.05, 0.1) is 0 Å². The minimum atomic E-state index is -0.757. The van der Waals surface area contributed by atoms with Crippen molar-refractivity contribution >= 4 is 11.8 Å². The van der Waals surface area contributed by atoms with Crippen molar-refractivity contribution in [2.75, 3.05) is 12.3 Å². The molecule has 1 heterocycles. The van der Waals surface area contributed by atoms with Crippen LogP contribution in [0.1, 0.15) is 44.7 Å². The predicted octanol–water partition coefficient (Wildman–Crippen LogP) is 4.29. The van der Waals surface area contributed by atoms with Gasteiger partial charge in [0.1, 0.15) is 0 Å². The van der Waals surface area contributed by atoms with Gasteiger partial charge in [0.2, 0.25) is 0 Å². The van der Waals surface area contributed by atoms with Crippen molar-refractivity contribution in [2.45, 2.75) is 43.9 Å². The van der Waals surface area contributed by atoms with Crippen LogP contribution in [0.2, 0.25) is 0 Å². The summed E-state index contributed by atoms with van der Waals surface area (Å²) in [6.45, 7) is 5.05. The Morgan fingerprint density at radius 2 is 2.21 bits per heavy atom. The minimum absolute atomic E-state index is 0.0518. The van der Waals surface area contributed by atoms with Gasteiger partial charge in [-0.3, -0.25) is 0 Å². The largest absolute Gasteiger partial charge is 0.309 e. The van der Waals surface area contributed by atoms with E-state index in [9.17, 15) is 8.78 Å². The Morgan fingerprint density at radius 3 is 2.84 bits per heavy atom. The molecule has 1 nitrogen and oxygen atoms in total. The van der Waals surface area contributed by atoms with Crippen molar-refractivity contribution in [1.82, 2.24) is 5.32 Å². The standard InChI is InChI=1S/C15H21F2NS/c1-3-9-18-14(15(2)8-5-10-19-15)11-6-4-7-12(16)13(11)17/h4,6-7,14,18H,3,5,8-10H2,1-2H3. The first kappa shape index (κ1) is 14.8. The zero-order valence-corrected chi connectivity index (χ0v) is 12.3. The zero-order chi connectivity index (χ0) is 13.9. The number of hydrogen-bond donors (Lipinski definition) is 1. The van der Waals surface area contributed by atoms with Crippen molar-refractivity contribution in [3.8, 4) is 0 Å². The van der Waals surface area contributed by atoms with Gasteiger partial charge in [-0.15, -0.1) is 0 Å². The second-order valence-electron chi connectivity index (χ2n) is 5.29. The lowest BCUT2D eigenvalue weighted by molar-refractivity contribution is 0.390. The molecular formula is C15H21F2NS. The molecule has 0 aromatic heterocycles. The fraction of sp³-hybridized carbons (Fsp3) is 0.600. The zero-order valence-electron chi connectivity index (χ0n) is 11.5. The number of benzene rings is 1. The Kier molecular flexibility index (Phi) is 4.85. The Balaban J connectivity index is 2.34. The maximum absolute atomic E-state index is 14.1. The fourth-order valence-electron chi connectivity index (χ4n) is 2.72. The molecule has 1 saturated heterocycles. The first-order valence-corrected chi connectivity index (χ1v) is 7.88. The van der Waals surface area contributed by atoms with Crippen LogP contribution in [0.25, 0.3) is 0 Å². The highest BCUT2D eigenvalue weighted by Crippen LogP contribution is 2.47. The van der Waals surface area contributed by atoms with Crippen molar-refractivity contribution in [3.05, 3.63) is 35.4 Å². The maximum Gasteiger partial charge on any atom is 0.163 e. The van der Waals surface area contributed by atoms with E-state index in [1.165, 1.54) is 6.07 Å². The molecule has 0 aliphatic carbocycles. The summed E-state index contributed by atoms with van der Waals surface area (Å²) in [5, 5.41) is 3.41. The first-order chi connectivity index (χ1) is 9.08. The molecule has 1 aromatic rings. The third-order valence-corrected chi connectivity index (χ3v) is 5.34. The lowest BCUT2D eigenvalue weighted by Gasteiger charge is -2.34. The summed E-state index contributed by atoms with van der Waals surface area (Å²) in [5.41, 5.74) is 0.463. The number of hydrogen-bond acceptors (Lipinski definition) is 2. The van der Waals surface area contributed by atoms with E-state index in [0.29, 0.717) is 5.56 Å². The first-order valence-electron chi connectivity index (χ1n) is 6.90. The monoisotopic (exact) mass is 285 g/mol. The Hall–Kier alpha value is -0.610. The van der Waals surface area contributed by atoms with E-state index in [2.05, 4.69) is 19.2 Å². The Morgan fingerprint density at radius 1 is 1.42 bits per heavy atom. The third kappa shape index (κ3) is 3.11. The van der Waals surface area contributed by atoms with Crippen molar-refractivity contribution in [3.63, 3.8) is 0 Å². The Labute approximate surface area is 118 Å². The highest BCUT2D eigenvalue weighted by atomic mass is 32.2. The molecule has 1 aliphatic rings. The topological polar surface area (TPSA) is 12.0 Å². The number of rotatable bonds is 5. The average molecular weight is 285 g/mol. The van der Waals surface area contributed by atoms with Crippen LogP contribution in [-0.4, -0.2) is 17.0 Å². The summed E-state index contributed by atoms with van der Waals surface area (Å²) in [6, 6.07) is 4.35. The molecule has 1 aliphatic heterocycles. The molecule has 1 aromatic carbocycles. The smallest absolute Gasteiger partial charge is 0.163 e. The van der Waals surface area contributed by atoms with E-state index in [4.69, 9.17) is 0 Å². The van der Waals surface area contributed by atoms with Crippen molar-refractivity contribution in [2.24, 2.45) is 0 Å². The van der Waals surface area contributed by atoms with Crippen LogP contribution in [0.3, 0.4) is 0 Å². The second-order valence-corrected chi connectivity index (χ2v) is 6.92. The van der Waals surface area contributed by atoms with Crippen LogP contribution >= 0.6 is 11.8 Å². The van der Waals surface area contributed by atoms with Gasteiger partial charge >= 0.3 is 0 Å². The molecule has 0 bridgehead atoms. The highest BCUT2D eigenvalue weighted by Gasteiger charge is 2.39. The van der Waals surface area contributed by atoms with E-state index in [0.717, 1.165) is 31.6 Å². The molecule has 0 radical (unpaired) electrons. The van der Waals surface area contributed by atoms with Gasteiger partial charge in [-0.25, -0.2) is 8.78 Å². The summed E-state index contributed by atoms with van der Waals surface area (Å²) < 4.78 is 27.5. The highest BCUT2D eigenvalue weighted by molar-refractivity contribution is 8.00. The van der Waals surface area contributed by atoms with E-state index < -0.39 is 11.6 Å². The van der Waals surface area contributed by atoms with Gasteiger partial charge in [0, 0.05) is 16.4 Å². The molecule has 2 unspecified atom stereocenters. The van der Waals surface area contributed by atoms with Crippen molar-refractivity contribution in [1.29, 1.82) is 0 Å². The third-order valence-electron chi connectivity index (χ3n) is 3.75. The summed E-state index contributed by atoms with van der Waals surface area (Å²) >= 11 is 1.86. The van der Waals surface area contributed by atoms with Gasteiger partial charge in [0.15, 0.2) is 11.6 Å². The van der Waals surface area contributed by atoms with Crippen LogP contribution in [-0.2, 0) is 0 Å². The van der Waals surface area contributed by atoms with Gasteiger partial charge in [-0.05, 0) is 44.6 Å². The summed E-state index contributed by atoms with van der Waals surface area (Å²) in [7, 11) is 0. The summed E-state index contributed by atoms with van der Waals surface area (Å²) in [4.78, 5) is 0. The molecule has 1 fully saturated rings. The summed E-state index contributed by atoms with van der Waals surface area (Å²) in [6.07, 6.45) is 3.16. The second kappa shape index (κ2) is 6.23.